The van der Waals surface area contributed by atoms with Crippen LogP contribution in [0.4, 0.5) is 5.69 Å². The van der Waals surface area contributed by atoms with Crippen LogP contribution in [0, 0.1) is 0 Å². The third-order valence-corrected chi connectivity index (χ3v) is 4.49. The smallest absolute Gasteiger partial charge is 0.262 e. The molecule has 7 nitrogen and oxygen atoms in total. The number of aromatic nitrogens is 1. The van der Waals surface area contributed by atoms with Crippen LogP contribution in [0.5, 0.6) is 0 Å². The Balaban J connectivity index is 2.99. The van der Waals surface area contributed by atoms with Crippen LogP contribution in [0.15, 0.2) is 23.4 Å². The van der Waals surface area contributed by atoms with Crippen molar-refractivity contribution >= 4 is 15.7 Å². The molecular formula is C11H20N4O3S. The number of nitrogens with zero attached hydrogens (tertiary/aromatic N) is 2. The molecule has 8 heteroatoms. The number of likely N-dealkylation sites (N-methyl/N-ethyl adjacent to an activating group) is 1. The molecular weight excluding hydrogens is 268 g/mol. The molecule has 0 amide bonds. The molecule has 0 fully saturated rings. The van der Waals surface area contributed by atoms with Gasteiger partial charge >= 0.3 is 0 Å². The molecule has 0 aliphatic rings. The van der Waals surface area contributed by atoms with Crippen LogP contribution in [0.25, 0.3) is 0 Å². The van der Waals surface area contributed by atoms with Crippen LogP contribution >= 0.6 is 0 Å². The summed E-state index contributed by atoms with van der Waals surface area (Å²) < 4.78 is 31.4. The summed E-state index contributed by atoms with van der Waals surface area (Å²) in [7, 11) is -3.67. The van der Waals surface area contributed by atoms with E-state index in [4.69, 9.17) is 10.6 Å². The summed E-state index contributed by atoms with van der Waals surface area (Å²) in [6, 6.07) is 3.18. The molecule has 0 aliphatic heterocycles. The van der Waals surface area contributed by atoms with Gasteiger partial charge < -0.3 is 10.2 Å². The molecule has 19 heavy (non-hydrogen) atoms. The van der Waals surface area contributed by atoms with Gasteiger partial charge in [-0.1, -0.05) is 6.92 Å². The van der Waals surface area contributed by atoms with Gasteiger partial charge in [0.2, 0.25) is 0 Å². The molecule has 1 aromatic rings. The lowest BCUT2D eigenvalue weighted by molar-refractivity contribution is 0.135. The minimum absolute atomic E-state index is 0.0733. The Hall–Kier alpha value is -1.22. The second-order valence-electron chi connectivity index (χ2n) is 3.69. The first-order valence-corrected chi connectivity index (χ1v) is 7.51. The quantitative estimate of drug-likeness (QED) is 0.408. The number of ether oxygens (including phenoxy) is 1. The number of pyridine rings is 1. The molecule has 0 spiro atoms. The largest absolute Gasteiger partial charge is 0.380 e. The van der Waals surface area contributed by atoms with E-state index in [1.807, 2.05) is 6.92 Å². The van der Waals surface area contributed by atoms with Crippen molar-refractivity contribution in [2.75, 3.05) is 31.7 Å². The van der Waals surface area contributed by atoms with E-state index in [9.17, 15) is 8.42 Å². The minimum atomic E-state index is -3.67. The van der Waals surface area contributed by atoms with E-state index in [1.54, 1.807) is 19.1 Å². The second-order valence-corrected chi connectivity index (χ2v) is 5.55. The van der Waals surface area contributed by atoms with Gasteiger partial charge in [0.1, 0.15) is 0 Å². The zero-order valence-corrected chi connectivity index (χ0v) is 12.0. The highest BCUT2D eigenvalue weighted by atomic mass is 32.2. The first-order chi connectivity index (χ1) is 9.07. The van der Waals surface area contributed by atoms with Crippen molar-refractivity contribution in [3.63, 3.8) is 0 Å². The zero-order valence-electron chi connectivity index (χ0n) is 11.2. The molecule has 0 aliphatic carbocycles. The highest BCUT2D eigenvalue weighted by molar-refractivity contribution is 7.89. The van der Waals surface area contributed by atoms with Crippen molar-refractivity contribution in [2.24, 2.45) is 5.84 Å². The van der Waals surface area contributed by atoms with E-state index in [0.717, 1.165) is 0 Å². The molecule has 1 rings (SSSR count). The Morgan fingerprint density at radius 1 is 1.47 bits per heavy atom. The van der Waals surface area contributed by atoms with Crippen molar-refractivity contribution < 1.29 is 13.2 Å². The highest BCUT2D eigenvalue weighted by Gasteiger charge is 2.26. The first kappa shape index (κ1) is 15.8. The Kier molecular flexibility index (Phi) is 6.16. The lowest BCUT2D eigenvalue weighted by Gasteiger charge is -2.20. The van der Waals surface area contributed by atoms with Crippen LogP contribution in [0.3, 0.4) is 0 Å². The highest BCUT2D eigenvalue weighted by Crippen LogP contribution is 2.20. The molecule has 0 radical (unpaired) electrons. The van der Waals surface area contributed by atoms with E-state index in [2.05, 4.69) is 10.4 Å². The fraction of sp³-hybridized carbons (Fsp3) is 0.545. The Labute approximate surface area is 113 Å². The molecule has 0 bridgehead atoms. The molecule has 0 saturated heterocycles. The number of nitrogens with two attached hydrogens (primary N) is 1. The van der Waals surface area contributed by atoms with E-state index in [-0.39, 0.29) is 17.3 Å². The molecule has 0 unspecified atom stereocenters. The van der Waals surface area contributed by atoms with E-state index < -0.39 is 10.0 Å². The zero-order chi connectivity index (χ0) is 14.3. The average Bonchev–Trinajstić information content (AvgIpc) is 2.43. The van der Waals surface area contributed by atoms with Crippen molar-refractivity contribution in [3.8, 4) is 0 Å². The lowest BCUT2D eigenvalue weighted by atomic mass is 10.4. The third kappa shape index (κ3) is 3.87. The second kappa shape index (κ2) is 7.39. The van der Waals surface area contributed by atoms with Gasteiger partial charge in [-0.05, 0) is 19.1 Å². The van der Waals surface area contributed by atoms with Gasteiger partial charge in [0.25, 0.3) is 10.0 Å². The summed E-state index contributed by atoms with van der Waals surface area (Å²) in [6.07, 6.45) is 1.42. The lowest BCUT2D eigenvalue weighted by Crippen LogP contribution is -2.35. The first-order valence-electron chi connectivity index (χ1n) is 6.07. The molecule has 108 valence electrons. The fourth-order valence-electron chi connectivity index (χ4n) is 1.59. The SMILES string of the molecule is CCOCCN(CC)S(=O)(=O)c1ncccc1NN. The normalized spacial score (nSPS) is 11.8. The summed E-state index contributed by atoms with van der Waals surface area (Å²) in [6.45, 7) is 5.16. The summed E-state index contributed by atoms with van der Waals surface area (Å²) in [4.78, 5) is 3.91. The summed E-state index contributed by atoms with van der Waals surface area (Å²) in [5, 5.41) is -0.0733. The van der Waals surface area contributed by atoms with Crippen molar-refractivity contribution in [2.45, 2.75) is 18.9 Å². The standard InChI is InChI=1S/C11H20N4O3S/c1-3-15(8-9-18-4-2)19(16,17)11-10(14-12)6-5-7-13-11/h5-7,14H,3-4,8-9,12H2,1-2H3. The van der Waals surface area contributed by atoms with Crippen molar-refractivity contribution in [1.82, 2.24) is 9.29 Å². The van der Waals surface area contributed by atoms with Crippen molar-refractivity contribution in [3.05, 3.63) is 18.3 Å². The van der Waals surface area contributed by atoms with Gasteiger partial charge in [0, 0.05) is 25.9 Å². The number of nitrogens with one attached hydrogen (secondary N) is 1. The Bertz CT molecular complexity index is 492. The van der Waals surface area contributed by atoms with Crippen LogP contribution in [0.2, 0.25) is 0 Å². The molecule has 1 aromatic heterocycles. The van der Waals surface area contributed by atoms with Gasteiger partial charge in [0.15, 0.2) is 5.03 Å². The van der Waals surface area contributed by atoms with Gasteiger partial charge in [-0.25, -0.2) is 13.4 Å². The van der Waals surface area contributed by atoms with Crippen molar-refractivity contribution in [1.29, 1.82) is 0 Å². The maximum atomic E-state index is 12.4. The third-order valence-electron chi connectivity index (χ3n) is 2.55. The van der Waals surface area contributed by atoms with Crippen LogP contribution < -0.4 is 11.3 Å². The van der Waals surface area contributed by atoms with Gasteiger partial charge in [-0.3, -0.25) is 5.84 Å². The average molecular weight is 288 g/mol. The number of hydrogen-bond acceptors (Lipinski definition) is 6. The number of anilines is 1. The molecule has 0 atom stereocenters. The number of hydrogen-bond donors (Lipinski definition) is 2. The van der Waals surface area contributed by atoms with Crippen LogP contribution in [-0.4, -0.2) is 44.0 Å². The molecule has 3 N–H and O–H groups in total. The molecule has 1 heterocycles. The Morgan fingerprint density at radius 2 is 2.21 bits per heavy atom. The minimum Gasteiger partial charge on any atom is -0.380 e. The van der Waals surface area contributed by atoms with Crippen LogP contribution in [-0.2, 0) is 14.8 Å². The summed E-state index contributed by atoms with van der Waals surface area (Å²) >= 11 is 0. The number of rotatable bonds is 8. The summed E-state index contributed by atoms with van der Waals surface area (Å²) in [5.74, 6) is 5.31. The van der Waals surface area contributed by atoms with Gasteiger partial charge in [0.05, 0.1) is 12.3 Å². The monoisotopic (exact) mass is 288 g/mol. The topological polar surface area (TPSA) is 97.5 Å². The van der Waals surface area contributed by atoms with Gasteiger partial charge in [-0.2, -0.15) is 4.31 Å². The fourth-order valence-corrected chi connectivity index (χ4v) is 3.09. The summed E-state index contributed by atoms with van der Waals surface area (Å²) in [5.41, 5.74) is 2.62. The van der Waals surface area contributed by atoms with E-state index in [1.165, 1.54) is 10.5 Å². The van der Waals surface area contributed by atoms with E-state index in [0.29, 0.717) is 19.8 Å². The predicted octanol–water partition coefficient (Wildman–Crippen LogP) is 0.414. The number of nitrogen functional groups attached to an aromatic ring is 1. The Morgan fingerprint density at radius 3 is 2.79 bits per heavy atom. The van der Waals surface area contributed by atoms with Crippen LogP contribution in [0.1, 0.15) is 13.8 Å². The maximum absolute atomic E-state index is 12.4. The predicted molar refractivity (Wildman–Crippen MR) is 73.0 cm³/mol. The number of sulfonamides is 1. The maximum Gasteiger partial charge on any atom is 0.262 e. The van der Waals surface area contributed by atoms with Gasteiger partial charge in [-0.15, -0.1) is 0 Å². The number of hydrazine groups is 1. The molecule has 0 aromatic carbocycles. The molecule has 0 saturated carbocycles. The van der Waals surface area contributed by atoms with E-state index >= 15 is 0 Å².